The van der Waals surface area contributed by atoms with E-state index in [4.69, 9.17) is 0 Å². The van der Waals surface area contributed by atoms with E-state index in [0.29, 0.717) is 10.9 Å². The maximum atomic E-state index is 11.9. The van der Waals surface area contributed by atoms with Crippen molar-refractivity contribution in [3.63, 3.8) is 0 Å². The lowest BCUT2D eigenvalue weighted by atomic mass is 10.1. The van der Waals surface area contributed by atoms with Crippen LogP contribution in [-0.4, -0.2) is 27.5 Å². The first kappa shape index (κ1) is 12.8. The van der Waals surface area contributed by atoms with Crippen LogP contribution in [0.15, 0.2) is 42.7 Å². The zero-order chi connectivity index (χ0) is 12.8. The molecule has 1 atom stereocenters. The summed E-state index contributed by atoms with van der Waals surface area (Å²) in [4.78, 5) is 11.9. The number of rotatable bonds is 5. The molecule has 2 N–H and O–H groups in total. The van der Waals surface area contributed by atoms with Crippen LogP contribution in [-0.2, 0) is 6.42 Å². The number of nitrogens with one attached hydrogen (secondary N) is 2. The number of carbonyl (C=O) groups excluding carboxylic acids is 1. The zero-order valence-electron chi connectivity index (χ0n) is 9.77. The van der Waals surface area contributed by atoms with Gasteiger partial charge in [0, 0.05) is 17.6 Å². The highest BCUT2D eigenvalue weighted by molar-refractivity contribution is 9.09. The van der Waals surface area contributed by atoms with E-state index in [2.05, 4.69) is 43.6 Å². The predicted molar refractivity (Wildman–Crippen MR) is 73.8 cm³/mol. The largest absolute Gasteiger partial charge is 0.348 e. The molecule has 5 heteroatoms. The van der Waals surface area contributed by atoms with Crippen molar-refractivity contribution in [2.75, 3.05) is 5.33 Å². The van der Waals surface area contributed by atoms with E-state index in [-0.39, 0.29) is 11.9 Å². The number of aromatic amines is 1. The second-order valence-corrected chi connectivity index (χ2v) is 4.65. The number of benzene rings is 1. The summed E-state index contributed by atoms with van der Waals surface area (Å²) < 4.78 is 0. The van der Waals surface area contributed by atoms with Crippen LogP contribution in [0.1, 0.15) is 15.9 Å². The summed E-state index contributed by atoms with van der Waals surface area (Å²) in [5.74, 6) is -0.107. The molecule has 1 aromatic heterocycles. The summed E-state index contributed by atoms with van der Waals surface area (Å²) in [6, 6.07) is 10.2. The number of H-pyrrole nitrogens is 1. The van der Waals surface area contributed by atoms with Gasteiger partial charge in [-0.1, -0.05) is 46.3 Å². The molecule has 0 aliphatic carbocycles. The van der Waals surface area contributed by atoms with Crippen LogP contribution in [0.2, 0.25) is 0 Å². The van der Waals surface area contributed by atoms with Gasteiger partial charge in [0.25, 0.3) is 5.91 Å². The highest BCUT2D eigenvalue weighted by Gasteiger charge is 2.13. The van der Waals surface area contributed by atoms with Crippen molar-refractivity contribution in [2.24, 2.45) is 0 Å². The van der Waals surface area contributed by atoms with Crippen molar-refractivity contribution >= 4 is 21.8 Å². The first-order valence-electron chi connectivity index (χ1n) is 5.69. The minimum atomic E-state index is -0.107. The molecule has 0 spiro atoms. The fourth-order valence-electron chi connectivity index (χ4n) is 1.69. The average molecular weight is 308 g/mol. The highest BCUT2D eigenvalue weighted by atomic mass is 79.9. The number of halogens is 1. The van der Waals surface area contributed by atoms with Crippen LogP contribution in [0, 0.1) is 0 Å². The monoisotopic (exact) mass is 307 g/mol. The number of hydrogen-bond acceptors (Lipinski definition) is 2. The molecule has 1 aromatic carbocycles. The van der Waals surface area contributed by atoms with Gasteiger partial charge in [0.05, 0.1) is 11.8 Å². The van der Waals surface area contributed by atoms with Gasteiger partial charge in [-0.2, -0.15) is 5.10 Å². The molecule has 0 fully saturated rings. The Kier molecular flexibility index (Phi) is 4.52. The van der Waals surface area contributed by atoms with Crippen molar-refractivity contribution in [1.29, 1.82) is 0 Å². The normalized spacial score (nSPS) is 12.1. The minimum absolute atomic E-state index is 0.0646. The maximum Gasteiger partial charge on any atom is 0.254 e. The van der Waals surface area contributed by atoms with Gasteiger partial charge in [0.2, 0.25) is 0 Å². The van der Waals surface area contributed by atoms with Crippen LogP contribution < -0.4 is 5.32 Å². The lowest BCUT2D eigenvalue weighted by Gasteiger charge is -2.15. The summed E-state index contributed by atoms with van der Waals surface area (Å²) in [6.07, 6.45) is 3.90. The van der Waals surface area contributed by atoms with Gasteiger partial charge in [-0.25, -0.2) is 0 Å². The van der Waals surface area contributed by atoms with Gasteiger partial charge in [0.15, 0.2) is 0 Å². The molecule has 0 aliphatic rings. The van der Waals surface area contributed by atoms with Crippen molar-refractivity contribution < 1.29 is 4.79 Å². The molecule has 94 valence electrons. The van der Waals surface area contributed by atoms with E-state index in [1.54, 1.807) is 6.20 Å². The fourth-order valence-corrected chi connectivity index (χ4v) is 2.08. The van der Waals surface area contributed by atoms with Crippen molar-refractivity contribution in [3.8, 4) is 0 Å². The number of alkyl halides is 1. The molecular weight excluding hydrogens is 294 g/mol. The van der Waals surface area contributed by atoms with E-state index < -0.39 is 0 Å². The Bertz CT molecular complexity index is 484. The Balaban J connectivity index is 1.96. The van der Waals surface area contributed by atoms with Crippen molar-refractivity contribution in [2.45, 2.75) is 12.5 Å². The summed E-state index contributed by atoms with van der Waals surface area (Å²) in [5, 5.41) is 10.1. The van der Waals surface area contributed by atoms with Crippen LogP contribution in [0.5, 0.6) is 0 Å². The third-order valence-electron chi connectivity index (χ3n) is 2.61. The molecule has 18 heavy (non-hydrogen) atoms. The quantitative estimate of drug-likeness (QED) is 0.832. The van der Waals surface area contributed by atoms with Crippen LogP contribution >= 0.6 is 15.9 Å². The average Bonchev–Trinajstić information content (AvgIpc) is 2.93. The first-order valence-corrected chi connectivity index (χ1v) is 6.81. The summed E-state index contributed by atoms with van der Waals surface area (Å²) in [7, 11) is 0. The lowest BCUT2D eigenvalue weighted by molar-refractivity contribution is 0.0941. The fraction of sp³-hybridized carbons (Fsp3) is 0.231. The molecule has 0 aliphatic heterocycles. The molecule has 0 saturated carbocycles. The van der Waals surface area contributed by atoms with Gasteiger partial charge in [-0.05, 0) is 12.0 Å². The molecule has 1 unspecified atom stereocenters. The second kappa shape index (κ2) is 6.35. The Morgan fingerprint density at radius 3 is 2.78 bits per heavy atom. The molecular formula is C13H14BrN3O. The molecule has 2 rings (SSSR count). The van der Waals surface area contributed by atoms with Gasteiger partial charge in [-0.3, -0.25) is 9.89 Å². The second-order valence-electron chi connectivity index (χ2n) is 4.00. The van der Waals surface area contributed by atoms with Gasteiger partial charge in [-0.15, -0.1) is 0 Å². The minimum Gasteiger partial charge on any atom is -0.348 e. The van der Waals surface area contributed by atoms with Gasteiger partial charge >= 0.3 is 0 Å². The van der Waals surface area contributed by atoms with Crippen LogP contribution in [0.4, 0.5) is 0 Å². The number of aromatic nitrogens is 2. The Morgan fingerprint density at radius 2 is 2.17 bits per heavy atom. The molecule has 2 aromatic rings. The standard InChI is InChI=1S/C13H14BrN3O/c14-7-12(6-10-4-2-1-3-5-10)17-13(18)11-8-15-16-9-11/h1-5,8-9,12H,6-7H2,(H,15,16)(H,17,18). The molecule has 0 radical (unpaired) electrons. The first-order chi connectivity index (χ1) is 8.79. The van der Waals surface area contributed by atoms with Crippen molar-refractivity contribution in [1.82, 2.24) is 15.5 Å². The summed E-state index contributed by atoms with van der Waals surface area (Å²) >= 11 is 3.43. The molecule has 1 heterocycles. The Morgan fingerprint density at radius 1 is 1.39 bits per heavy atom. The highest BCUT2D eigenvalue weighted by Crippen LogP contribution is 2.06. The molecule has 1 amide bonds. The Labute approximate surface area is 114 Å². The molecule has 4 nitrogen and oxygen atoms in total. The van der Waals surface area contributed by atoms with Crippen molar-refractivity contribution in [3.05, 3.63) is 53.9 Å². The predicted octanol–water partition coefficient (Wildman–Crippen LogP) is 2.15. The number of hydrogen-bond donors (Lipinski definition) is 2. The van der Waals surface area contributed by atoms with E-state index >= 15 is 0 Å². The van der Waals surface area contributed by atoms with E-state index in [1.165, 1.54) is 11.8 Å². The summed E-state index contributed by atoms with van der Waals surface area (Å²) in [6.45, 7) is 0. The van der Waals surface area contributed by atoms with Crippen LogP contribution in [0.25, 0.3) is 0 Å². The van der Waals surface area contributed by atoms with Gasteiger partial charge < -0.3 is 5.32 Å². The molecule has 0 bridgehead atoms. The Hall–Kier alpha value is -1.62. The van der Waals surface area contributed by atoms with E-state index in [9.17, 15) is 4.79 Å². The zero-order valence-corrected chi connectivity index (χ0v) is 11.4. The maximum absolute atomic E-state index is 11.9. The third kappa shape index (κ3) is 3.43. The van der Waals surface area contributed by atoms with E-state index in [0.717, 1.165) is 6.42 Å². The third-order valence-corrected chi connectivity index (χ3v) is 3.39. The lowest BCUT2D eigenvalue weighted by Crippen LogP contribution is -2.37. The number of nitrogens with zero attached hydrogens (tertiary/aromatic N) is 1. The van der Waals surface area contributed by atoms with Crippen LogP contribution in [0.3, 0.4) is 0 Å². The smallest absolute Gasteiger partial charge is 0.254 e. The SMILES string of the molecule is O=C(NC(CBr)Cc1ccccc1)c1cn[nH]c1. The van der Waals surface area contributed by atoms with E-state index in [1.807, 2.05) is 18.2 Å². The number of amides is 1. The topological polar surface area (TPSA) is 57.8 Å². The molecule has 0 saturated heterocycles. The van der Waals surface area contributed by atoms with Gasteiger partial charge in [0.1, 0.15) is 0 Å². The summed E-state index contributed by atoms with van der Waals surface area (Å²) in [5.41, 5.74) is 1.75. The number of carbonyl (C=O) groups is 1.